The summed E-state index contributed by atoms with van der Waals surface area (Å²) < 4.78 is 24.7. The highest BCUT2D eigenvalue weighted by Gasteiger charge is 2.30. The predicted octanol–water partition coefficient (Wildman–Crippen LogP) is 5.29. The molecule has 0 aliphatic heterocycles. The molecule has 3 atom stereocenters. The van der Waals surface area contributed by atoms with E-state index in [0.29, 0.717) is 23.8 Å². The molecule has 1 heterocycles. The summed E-state index contributed by atoms with van der Waals surface area (Å²) in [5.41, 5.74) is 2.37. The van der Waals surface area contributed by atoms with Gasteiger partial charge in [0.2, 0.25) is 5.89 Å². The lowest BCUT2D eigenvalue weighted by Gasteiger charge is -2.31. The third-order valence-corrected chi connectivity index (χ3v) is 5.36. The predicted molar refractivity (Wildman–Crippen MR) is 104 cm³/mol. The molecule has 3 aromatic rings. The fourth-order valence-corrected chi connectivity index (χ4v) is 3.80. The molecule has 0 radical (unpaired) electrons. The molecule has 1 aliphatic rings. The van der Waals surface area contributed by atoms with E-state index in [1.165, 1.54) is 18.4 Å². The highest BCUT2D eigenvalue weighted by atomic mass is 19.1. The zero-order valence-corrected chi connectivity index (χ0v) is 15.6. The Morgan fingerprint density at radius 1 is 1.11 bits per heavy atom. The van der Waals surface area contributed by atoms with Gasteiger partial charge in [0, 0.05) is 5.56 Å². The summed E-state index contributed by atoms with van der Waals surface area (Å²) in [5, 5.41) is 10.8. The number of oxazole rings is 1. The molecule has 1 fully saturated rings. The molecule has 28 heavy (non-hydrogen) atoms. The molecule has 1 aliphatic carbocycles. The molecule has 1 aromatic heterocycles. The number of ether oxygens (including phenoxy) is 1. The van der Waals surface area contributed by atoms with Gasteiger partial charge in [-0.25, -0.2) is 9.37 Å². The van der Waals surface area contributed by atoms with Crippen molar-refractivity contribution in [3.8, 4) is 11.5 Å². The Morgan fingerprint density at radius 2 is 1.89 bits per heavy atom. The van der Waals surface area contributed by atoms with Crippen LogP contribution in [0.5, 0.6) is 0 Å². The highest BCUT2D eigenvalue weighted by Crippen LogP contribution is 2.36. The molecule has 4 nitrogen and oxygen atoms in total. The normalized spacial score (nSPS) is 20.8. The zero-order valence-electron chi connectivity index (χ0n) is 15.6. The van der Waals surface area contributed by atoms with Crippen molar-refractivity contribution in [2.75, 3.05) is 0 Å². The second kappa shape index (κ2) is 8.67. The number of benzene rings is 2. The minimum atomic E-state index is -0.693. The van der Waals surface area contributed by atoms with Gasteiger partial charge in [0.1, 0.15) is 23.9 Å². The van der Waals surface area contributed by atoms with Crippen LogP contribution in [0.4, 0.5) is 4.39 Å². The first-order valence-electron chi connectivity index (χ1n) is 9.74. The minimum Gasteiger partial charge on any atom is -0.444 e. The quantitative estimate of drug-likeness (QED) is 0.630. The van der Waals surface area contributed by atoms with E-state index in [4.69, 9.17) is 9.15 Å². The maximum atomic E-state index is 13.1. The number of aliphatic hydroxyl groups excluding tert-OH is 1. The Morgan fingerprint density at radius 3 is 2.68 bits per heavy atom. The Kier molecular flexibility index (Phi) is 5.84. The fraction of sp³-hybridized carbons (Fsp3) is 0.348. The fourth-order valence-electron chi connectivity index (χ4n) is 3.80. The number of aromatic nitrogens is 1. The molecule has 4 rings (SSSR count). The van der Waals surface area contributed by atoms with Gasteiger partial charge in [0.25, 0.3) is 0 Å². The third kappa shape index (κ3) is 4.49. The third-order valence-electron chi connectivity index (χ3n) is 5.36. The van der Waals surface area contributed by atoms with Gasteiger partial charge in [-0.3, -0.25) is 0 Å². The molecule has 1 N–H and O–H groups in total. The van der Waals surface area contributed by atoms with E-state index in [0.717, 1.165) is 31.2 Å². The number of aliphatic hydroxyl groups is 1. The summed E-state index contributed by atoms with van der Waals surface area (Å²) in [6, 6.07) is 16.1. The Bertz CT molecular complexity index is 878. The van der Waals surface area contributed by atoms with Crippen LogP contribution in [0.25, 0.3) is 11.5 Å². The van der Waals surface area contributed by atoms with Gasteiger partial charge in [-0.15, -0.1) is 0 Å². The van der Waals surface area contributed by atoms with Crippen LogP contribution in [0.3, 0.4) is 0 Å². The lowest BCUT2D eigenvalue weighted by molar-refractivity contribution is -0.0257. The summed E-state index contributed by atoms with van der Waals surface area (Å²) in [5.74, 6) is 0.168. The standard InChI is InChI=1S/C23H24FNO3/c24-19-11-9-17(10-12-19)23-25-21(15-28-23)22(26)18-7-4-8-20(13-18)27-14-16-5-2-1-3-6-16/h1-3,5-6,9-12,15,18,20,22,26H,4,7-8,13-14H2. The molecule has 146 valence electrons. The van der Waals surface area contributed by atoms with E-state index in [1.807, 2.05) is 18.2 Å². The van der Waals surface area contributed by atoms with E-state index in [-0.39, 0.29) is 17.8 Å². The Labute approximate surface area is 164 Å². The molecular weight excluding hydrogens is 357 g/mol. The summed E-state index contributed by atoms with van der Waals surface area (Å²) in [7, 11) is 0. The maximum Gasteiger partial charge on any atom is 0.226 e. The van der Waals surface area contributed by atoms with Crippen molar-refractivity contribution in [2.24, 2.45) is 5.92 Å². The Balaban J connectivity index is 1.37. The first-order valence-corrected chi connectivity index (χ1v) is 9.74. The first-order chi connectivity index (χ1) is 13.7. The number of halogens is 1. The summed E-state index contributed by atoms with van der Waals surface area (Å²) >= 11 is 0. The van der Waals surface area contributed by atoms with Crippen LogP contribution in [0, 0.1) is 11.7 Å². The number of rotatable bonds is 6. The average molecular weight is 381 g/mol. The van der Waals surface area contributed by atoms with Gasteiger partial charge in [-0.2, -0.15) is 0 Å². The van der Waals surface area contributed by atoms with E-state index >= 15 is 0 Å². The first kappa shape index (κ1) is 18.8. The van der Waals surface area contributed by atoms with Crippen molar-refractivity contribution in [2.45, 2.75) is 44.5 Å². The van der Waals surface area contributed by atoms with Crippen LogP contribution in [0.15, 0.2) is 65.3 Å². The number of hydrogen-bond donors (Lipinski definition) is 1. The molecule has 1 saturated carbocycles. The van der Waals surface area contributed by atoms with E-state index in [9.17, 15) is 9.50 Å². The lowest BCUT2D eigenvalue weighted by Crippen LogP contribution is -2.27. The zero-order chi connectivity index (χ0) is 19.3. The monoisotopic (exact) mass is 381 g/mol. The smallest absolute Gasteiger partial charge is 0.226 e. The van der Waals surface area contributed by atoms with Crippen LogP contribution in [-0.2, 0) is 11.3 Å². The van der Waals surface area contributed by atoms with Crippen molar-refractivity contribution in [3.63, 3.8) is 0 Å². The molecule has 3 unspecified atom stereocenters. The van der Waals surface area contributed by atoms with E-state index in [2.05, 4.69) is 17.1 Å². The van der Waals surface area contributed by atoms with E-state index in [1.54, 1.807) is 12.1 Å². The van der Waals surface area contributed by atoms with Crippen LogP contribution >= 0.6 is 0 Å². The van der Waals surface area contributed by atoms with Gasteiger partial charge in [-0.1, -0.05) is 36.8 Å². The molecule has 0 spiro atoms. The minimum absolute atomic E-state index is 0.0840. The van der Waals surface area contributed by atoms with Crippen molar-refractivity contribution >= 4 is 0 Å². The Hall–Kier alpha value is -2.50. The van der Waals surface area contributed by atoms with Crippen LogP contribution < -0.4 is 0 Å². The van der Waals surface area contributed by atoms with Crippen molar-refractivity contribution in [1.82, 2.24) is 4.98 Å². The maximum absolute atomic E-state index is 13.1. The van der Waals surface area contributed by atoms with Gasteiger partial charge in [0.15, 0.2) is 0 Å². The second-order valence-corrected chi connectivity index (χ2v) is 7.37. The second-order valence-electron chi connectivity index (χ2n) is 7.37. The van der Waals surface area contributed by atoms with Crippen LogP contribution in [-0.4, -0.2) is 16.2 Å². The molecular formula is C23H24FNO3. The van der Waals surface area contributed by atoms with Gasteiger partial charge in [0.05, 0.1) is 12.7 Å². The molecule has 0 saturated heterocycles. The molecule has 2 aromatic carbocycles. The SMILES string of the molecule is OC(c1coc(-c2ccc(F)cc2)n1)C1CCCC(OCc2ccccc2)C1. The van der Waals surface area contributed by atoms with Crippen LogP contribution in [0.2, 0.25) is 0 Å². The summed E-state index contributed by atoms with van der Waals surface area (Å²) in [4.78, 5) is 4.42. The summed E-state index contributed by atoms with van der Waals surface area (Å²) in [6.07, 6.45) is 4.70. The van der Waals surface area contributed by atoms with Gasteiger partial charge < -0.3 is 14.3 Å². The average Bonchev–Trinajstić information content (AvgIpc) is 3.23. The van der Waals surface area contributed by atoms with Crippen molar-refractivity contribution < 1.29 is 18.7 Å². The largest absolute Gasteiger partial charge is 0.444 e. The van der Waals surface area contributed by atoms with Crippen LogP contribution in [0.1, 0.15) is 43.0 Å². The number of nitrogens with zero attached hydrogens (tertiary/aromatic N) is 1. The van der Waals surface area contributed by atoms with E-state index < -0.39 is 6.10 Å². The van der Waals surface area contributed by atoms with Crippen molar-refractivity contribution in [1.29, 1.82) is 0 Å². The topological polar surface area (TPSA) is 55.5 Å². The summed E-state index contributed by atoms with van der Waals surface area (Å²) in [6.45, 7) is 0.590. The van der Waals surface area contributed by atoms with Crippen molar-refractivity contribution in [3.05, 3.63) is 77.9 Å². The highest BCUT2D eigenvalue weighted by molar-refractivity contribution is 5.52. The molecule has 0 bridgehead atoms. The van der Waals surface area contributed by atoms with Gasteiger partial charge in [-0.05, 0) is 55.0 Å². The number of hydrogen-bond acceptors (Lipinski definition) is 4. The van der Waals surface area contributed by atoms with Gasteiger partial charge >= 0.3 is 0 Å². The lowest BCUT2D eigenvalue weighted by atomic mass is 9.82. The molecule has 5 heteroatoms. The molecule has 0 amide bonds.